The first-order chi connectivity index (χ1) is 17.5. The van der Waals surface area contributed by atoms with Crippen molar-refractivity contribution in [1.29, 1.82) is 5.26 Å². The fraction of sp³-hybridized carbons (Fsp3) is 0.259. The Morgan fingerprint density at radius 2 is 1.71 bits per heavy atom. The molecule has 38 heavy (non-hydrogen) atoms. The number of pyridine rings is 1. The second-order valence-corrected chi connectivity index (χ2v) is 8.74. The number of hydrogen-bond acceptors (Lipinski definition) is 4. The Bertz CT molecular complexity index is 1410. The Balaban J connectivity index is 0.00000400. The van der Waals surface area contributed by atoms with Crippen LogP contribution in [0, 0.1) is 11.3 Å². The van der Waals surface area contributed by atoms with Gasteiger partial charge < -0.3 is 4.90 Å². The van der Waals surface area contributed by atoms with E-state index in [4.69, 9.17) is 5.26 Å². The molecule has 2 heterocycles. The van der Waals surface area contributed by atoms with Crippen LogP contribution in [0.3, 0.4) is 0 Å². The van der Waals surface area contributed by atoms with Crippen LogP contribution < -0.4 is 0 Å². The molecule has 198 valence electrons. The zero-order chi connectivity index (χ0) is 26.8. The second-order valence-electron chi connectivity index (χ2n) is 8.74. The van der Waals surface area contributed by atoms with Crippen LogP contribution in [-0.4, -0.2) is 40.1 Å². The number of hydrogen-bond donors (Lipinski definition) is 0. The molecule has 1 aliphatic rings. The Hall–Kier alpha value is -3.78. The van der Waals surface area contributed by atoms with Crippen molar-refractivity contribution in [2.45, 2.75) is 37.4 Å². The summed E-state index contributed by atoms with van der Waals surface area (Å²) in [5.74, 6) is -4.20. The molecule has 1 atom stereocenters. The predicted octanol–water partition coefficient (Wildman–Crippen LogP) is 6.26. The molecule has 0 unspecified atom stereocenters. The van der Waals surface area contributed by atoms with Crippen LogP contribution in [0.15, 0.2) is 54.7 Å². The van der Waals surface area contributed by atoms with Crippen LogP contribution in [0.2, 0.25) is 0 Å². The average molecular weight is 548 g/mol. The molecule has 1 fully saturated rings. The zero-order valence-electron chi connectivity index (χ0n) is 19.8. The second kappa shape index (κ2) is 11.3. The molecule has 0 saturated carbocycles. The number of alkyl halides is 5. The van der Waals surface area contributed by atoms with E-state index in [-0.39, 0.29) is 32.1 Å². The number of likely N-dealkylation sites (tertiary alicyclic amines) is 1. The Morgan fingerprint density at radius 1 is 1.05 bits per heavy atom. The van der Waals surface area contributed by atoms with E-state index in [1.165, 1.54) is 24.4 Å². The molecule has 0 aliphatic carbocycles. The van der Waals surface area contributed by atoms with E-state index in [0.29, 0.717) is 27.6 Å². The third kappa shape index (κ3) is 6.55. The van der Waals surface area contributed by atoms with E-state index in [1.807, 2.05) is 0 Å². The smallest absolute Gasteiger partial charge is 0.320 e. The van der Waals surface area contributed by atoms with Crippen LogP contribution in [0.5, 0.6) is 0 Å². The molecule has 5 nitrogen and oxygen atoms in total. The summed E-state index contributed by atoms with van der Waals surface area (Å²) in [6.45, 7) is -0.842. The maximum Gasteiger partial charge on any atom is 0.416 e. The number of halogens is 5. The number of ketones is 1. The van der Waals surface area contributed by atoms with Gasteiger partial charge in [0.15, 0.2) is 5.78 Å². The van der Waals surface area contributed by atoms with E-state index in [0.717, 1.165) is 17.0 Å². The van der Waals surface area contributed by atoms with Crippen molar-refractivity contribution in [2.24, 2.45) is 0 Å². The molecule has 1 aliphatic heterocycles. The standard InChI is InChI=1S/C27H20F5N3O2.H2S/c28-26(29)14-20(15-33)35(16-26)25(37)10-9-24(36)21-11-12-34-23-8-5-18(13-22(21)23)2-1-17-3-6-19(7-4-17)27(30,31)32;/h1-8,11-13,20H,9-10,14,16H2;1H2/b2-1+;/t20-;/m0./s1. The van der Waals surface area contributed by atoms with E-state index in [9.17, 15) is 31.5 Å². The molecule has 1 saturated heterocycles. The first-order valence-electron chi connectivity index (χ1n) is 11.3. The summed E-state index contributed by atoms with van der Waals surface area (Å²) in [5.41, 5.74) is 1.29. The lowest BCUT2D eigenvalue weighted by molar-refractivity contribution is -0.137. The minimum absolute atomic E-state index is 0. The zero-order valence-corrected chi connectivity index (χ0v) is 20.8. The number of benzene rings is 2. The van der Waals surface area contributed by atoms with E-state index in [1.54, 1.807) is 36.4 Å². The molecule has 11 heteroatoms. The minimum Gasteiger partial charge on any atom is -0.320 e. The topological polar surface area (TPSA) is 74.1 Å². The van der Waals surface area contributed by atoms with Gasteiger partial charge in [-0.25, -0.2) is 8.78 Å². The van der Waals surface area contributed by atoms with Crippen molar-refractivity contribution in [3.63, 3.8) is 0 Å². The lowest BCUT2D eigenvalue weighted by atomic mass is 10.00. The number of carbonyl (C=O) groups excluding carboxylic acids is 2. The third-order valence-electron chi connectivity index (χ3n) is 6.08. The van der Waals surface area contributed by atoms with Crippen LogP contribution in [-0.2, 0) is 11.0 Å². The quantitative estimate of drug-likeness (QED) is 0.208. The number of nitrogens with zero attached hydrogens (tertiary/aromatic N) is 3. The molecule has 3 aromatic rings. The summed E-state index contributed by atoms with van der Waals surface area (Å²) < 4.78 is 65.5. The molecule has 1 aromatic heterocycles. The molecular weight excluding hydrogens is 525 g/mol. The fourth-order valence-electron chi connectivity index (χ4n) is 4.18. The molecule has 0 bridgehead atoms. The van der Waals surface area contributed by atoms with Gasteiger partial charge in [0, 0.05) is 36.4 Å². The van der Waals surface area contributed by atoms with Gasteiger partial charge in [0.05, 0.1) is 23.7 Å². The minimum atomic E-state index is -4.42. The summed E-state index contributed by atoms with van der Waals surface area (Å²) in [5, 5.41) is 9.59. The van der Waals surface area contributed by atoms with Gasteiger partial charge in [-0.3, -0.25) is 14.6 Å². The molecule has 4 rings (SSSR count). The lowest BCUT2D eigenvalue weighted by Gasteiger charge is -2.18. The molecular formula is C27H22F5N3O2S. The van der Waals surface area contributed by atoms with Gasteiger partial charge in [0.2, 0.25) is 5.91 Å². The maximum atomic E-state index is 13.6. The fourth-order valence-corrected chi connectivity index (χ4v) is 4.18. The van der Waals surface area contributed by atoms with Crippen LogP contribution in [0.4, 0.5) is 22.0 Å². The summed E-state index contributed by atoms with van der Waals surface area (Å²) in [6.07, 6.45) is -0.924. The maximum absolute atomic E-state index is 13.6. The van der Waals surface area contributed by atoms with Crippen LogP contribution in [0.1, 0.15) is 46.3 Å². The van der Waals surface area contributed by atoms with E-state index in [2.05, 4.69) is 4.98 Å². The number of aromatic nitrogens is 1. The number of carbonyl (C=O) groups is 2. The highest BCUT2D eigenvalue weighted by molar-refractivity contribution is 7.59. The highest BCUT2D eigenvalue weighted by Gasteiger charge is 2.47. The highest BCUT2D eigenvalue weighted by atomic mass is 32.1. The van der Waals surface area contributed by atoms with E-state index < -0.39 is 42.6 Å². The number of amides is 1. The average Bonchev–Trinajstić information content (AvgIpc) is 3.19. The SMILES string of the molecule is N#C[C@@H]1CC(F)(F)CN1C(=O)CCC(=O)c1ccnc2ccc(/C=C/c3ccc(C(F)(F)F)cc3)cc12.S. The van der Waals surface area contributed by atoms with Crippen molar-refractivity contribution < 1.29 is 31.5 Å². The summed E-state index contributed by atoms with van der Waals surface area (Å²) in [6, 6.07) is 11.8. The normalized spacial score (nSPS) is 16.8. The highest BCUT2D eigenvalue weighted by Crippen LogP contribution is 2.32. The number of Topliss-reactive ketones (excluding diaryl/α,β-unsaturated/α-hetero) is 1. The molecule has 2 aromatic carbocycles. The largest absolute Gasteiger partial charge is 0.416 e. The van der Waals surface area contributed by atoms with Crippen LogP contribution in [0.25, 0.3) is 23.1 Å². The van der Waals surface area contributed by atoms with Gasteiger partial charge in [-0.2, -0.15) is 31.9 Å². The van der Waals surface area contributed by atoms with Gasteiger partial charge >= 0.3 is 6.18 Å². The van der Waals surface area contributed by atoms with Gasteiger partial charge in [-0.05, 0) is 41.5 Å². The van der Waals surface area contributed by atoms with Crippen molar-refractivity contribution in [2.75, 3.05) is 6.54 Å². The van der Waals surface area contributed by atoms with Crippen LogP contribution >= 0.6 is 13.5 Å². The van der Waals surface area contributed by atoms with Crippen molar-refractivity contribution in [1.82, 2.24) is 9.88 Å². The third-order valence-corrected chi connectivity index (χ3v) is 6.08. The molecule has 0 spiro atoms. The number of fused-ring (bicyclic) bond motifs is 1. The molecule has 0 radical (unpaired) electrons. The molecule has 0 N–H and O–H groups in total. The monoisotopic (exact) mass is 547 g/mol. The molecule has 1 amide bonds. The Kier molecular flexibility index (Phi) is 8.57. The summed E-state index contributed by atoms with van der Waals surface area (Å²) in [4.78, 5) is 30.5. The summed E-state index contributed by atoms with van der Waals surface area (Å²) >= 11 is 0. The summed E-state index contributed by atoms with van der Waals surface area (Å²) in [7, 11) is 0. The van der Waals surface area contributed by atoms with Crippen molar-refractivity contribution in [3.8, 4) is 6.07 Å². The first kappa shape index (κ1) is 28.8. The predicted molar refractivity (Wildman–Crippen MR) is 137 cm³/mol. The van der Waals surface area contributed by atoms with Gasteiger partial charge in [0.25, 0.3) is 5.92 Å². The number of nitriles is 1. The Morgan fingerprint density at radius 3 is 2.37 bits per heavy atom. The first-order valence-corrected chi connectivity index (χ1v) is 11.3. The van der Waals surface area contributed by atoms with Crippen molar-refractivity contribution in [3.05, 3.63) is 77.0 Å². The van der Waals surface area contributed by atoms with Gasteiger partial charge in [0.1, 0.15) is 6.04 Å². The van der Waals surface area contributed by atoms with Gasteiger partial charge in [-0.1, -0.05) is 30.4 Å². The lowest BCUT2D eigenvalue weighted by Crippen LogP contribution is -2.36. The van der Waals surface area contributed by atoms with E-state index >= 15 is 0 Å². The van der Waals surface area contributed by atoms with Crippen molar-refractivity contribution >= 4 is 48.2 Å². The van der Waals surface area contributed by atoms with Gasteiger partial charge in [-0.15, -0.1) is 0 Å². The Labute approximate surface area is 222 Å². The number of rotatable bonds is 6.